The van der Waals surface area contributed by atoms with E-state index < -0.39 is 37.5 Å². The summed E-state index contributed by atoms with van der Waals surface area (Å²) in [5, 5.41) is 23.5. The third-order valence-electron chi connectivity index (χ3n) is 5.97. The number of rotatable bonds is 24. The fourth-order valence-corrected chi connectivity index (χ4v) is 8.58. The minimum absolute atomic E-state index is 0.0162. The van der Waals surface area contributed by atoms with Crippen LogP contribution in [0.3, 0.4) is 0 Å². The third-order valence-corrected chi connectivity index (χ3v) is 10.4. The van der Waals surface area contributed by atoms with Gasteiger partial charge in [-0.15, -0.1) is 46.4 Å². The average Bonchev–Trinajstić information content (AvgIpc) is 2.98. The number of carboxylic acids is 2. The molecule has 0 fully saturated rings. The van der Waals surface area contributed by atoms with Crippen LogP contribution in [0.15, 0.2) is 35.6 Å². The van der Waals surface area contributed by atoms with Crippen LogP contribution in [0.2, 0.25) is 0 Å². The van der Waals surface area contributed by atoms with Crippen molar-refractivity contribution in [2.75, 3.05) is 67.8 Å². The number of hydrogen-bond donors (Lipinski definition) is 4. The molecule has 1 aliphatic carbocycles. The highest BCUT2D eigenvalue weighted by Gasteiger charge is 2.38. The zero-order chi connectivity index (χ0) is 33.0. The Bertz CT molecular complexity index is 1070. The summed E-state index contributed by atoms with van der Waals surface area (Å²) < 4.78 is 23.2. The second-order valence-electron chi connectivity index (χ2n) is 9.12. The summed E-state index contributed by atoms with van der Waals surface area (Å²) in [6, 6.07) is -1.16. The van der Waals surface area contributed by atoms with Gasteiger partial charge in [0.1, 0.15) is 11.7 Å². The van der Waals surface area contributed by atoms with E-state index in [0.29, 0.717) is 12.0 Å². The summed E-state index contributed by atoms with van der Waals surface area (Å²) in [7, 11) is -3.64. The fourth-order valence-electron chi connectivity index (χ4n) is 3.91. The van der Waals surface area contributed by atoms with Gasteiger partial charge in [0, 0.05) is 74.0 Å². The van der Waals surface area contributed by atoms with E-state index in [1.807, 2.05) is 0 Å². The Morgan fingerprint density at radius 3 is 2.02 bits per heavy atom. The SMILES string of the molecule is O=C(O)CCCC(=O)N[C@@H](CSCCOP(=O)(N(CCCl)CCCl)N(CCCl)CCCl)C(=O)N/C(C(=O)O)=C1\C=CC=CC1. The second-order valence-corrected chi connectivity index (χ2v) is 14.1. The molecule has 1 atom stereocenters. The minimum Gasteiger partial charge on any atom is -0.481 e. The van der Waals surface area contributed by atoms with Crippen LogP contribution in [0.5, 0.6) is 0 Å². The molecular formula is C26H39Cl4N4O8PS. The summed E-state index contributed by atoms with van der Waals surface area (Å²) in [5.74, 6) is -2.74. The standard InChI is InChI=1S/C26H39Cl4N4O8PS/c27-9-13-33(14-10-28)43(41,34(15-11-29)16-12-30)42-17-18-44-19-21(31-22(35)7-4-8-23(36)37)25(38)32-24(26(39)40)20-5-2-1-3-6-20/h1-3,5,21H,4,6-19H2,(H,31,35)(H,32,38)(H,36,37)(H,39,40)/b24-20+/t21-/m0/s1. The molecule has 18 heteroatoms. The number of carbonyl (C=O) groups excluding carboxylic acids is 2. The van der Waals surface area contributed by atoms with Gasteiger partial charge in [-0.1, -0.05) is 24.3 Å². The predicted octanol–water partition coefficient (Wildman–Crippen LogP) is 4.11. The Hall–Kier alpha value is -1.28. The van der Waals surface area contributed by atoms with Gasteiger partial charge in [0.25, 0.3) is 0 Å². The zero-order valence-corrected chi connectivity index (χ0v) is 28.8. The Morgan fingerprint density at radius 2 is 1.55 bits per heavy atom. The van der Waals surface area contributed by atoms with Crippen LogP contribution in [-0.2, 0) is 28.3 Å². The van der Waals surface area contributed by atoms with Gasteiger partial charge < -0.3 is 25.4 Å². The molecule has 0 aromatic heterocycles. The Morgan fingerprint density at radius 1 is 0.955 bits per heavy atom. The van der Waals surface area contributed by atoms with E-state index in [0.717, 1.165) is 0 Å². The van der Waals surface area contributed by atoms with E-state index in [-0.39, 0.29) is 92.8 Å². The minimum atomic E-state index is -3.64. The molecule has 0 radical (unpaired) electrons. The molecule has 0 heterocycles. The van der Waals surface area contributed by atoms with E-state index in [2.05, 4.69) is 10.6 Å². The van der Waals surface area contributed by atoms with Gasteiger partial charge in [0.2, 0.25) is 11.8 Å². The number of nitrogens with zero attached hydrogens (tertiary/aromatic N) is 2. The maximum absolute atomic E-state index is 14.2. The predicted molar refractivity (Wildman–Crippen MR) is 176 cm³/mol. The van der Waals surface area contributed by atoms with Gasteiger partial charge in [-0.05, 0) is 18.4 Å². The monoisotopic (exact) mass is 738 g/mol. The van der Waals surface area contributed by atoms with Crippen molar-refractivity contribution in [3.63, 3.8) is 0 Å². The quantitative estimate of drug-likeness (QED) is 0.0487. The maximum Gasteiger partial charge on any atom is 0.352 e. The molecule has 4 N–H and O–H groups in total. The lowest BCUT2D eigenvalue weighted by molar-refractivity contribution is -0.137. The molecule has 0 aliphatic heterocycles. The van der Waals surface area contributed by atoms with Crippen molar-refractivity contribution < 1.29 is 38.5 Å². The molecule has 44 heavy (non-hydrogen) atoms. The number of carbonyl (C=O) groups is 4. The van der Waals surface area contributed by atoms with Crippen molar-refractivity contribution in [2.45, 2.75) is 31.7 Å². The molecule has 250 valence electrons. The lowest BCUT2D eigenvalue weighted by Gasteiger charge is -2.37. The number of nitrogens with one attached hydrogen (secondary N) is 2. The normalized spacial score (nSPS) is 15.0. The number of aliphatic carboxylic acids is 2. The first-order valence-corrected chi connectivity index (χ1v) is 18.5. The molecule has 0 unspecified atom stereocenters. The van der Waals surface area contributed by atoms with Gasteiger partial charge in [0.05, 0.1) is 6.61 Å². The molecule has 2 amide bonds. The van der Waals surface area contributed by atoms with Crippen molar-refractivity contribution in [3.8, 4) is 0 Å². The number of allylic oxidation sites excluding steroid dienone is 5. The highest BCUT2D eigenvalue weighted by Crippen LogP contribution is 2.54. The van der Waals surface area contributed by atoms with Crippen LogP contribution in [0.1, 0.15) is 25.7 Å². The molecule has 0 saturated carbocycles. The first kappa shape index (κ1) is 40.7. The third kappa shape index (κ3) is 14.9. The molecular weight excluding hydrogens is 701 g/mol. The van der Waals surface area contributed by atoms with Crippen LogP contribution >= 0.6 is 65.8 Å². The lowest BCUT2D eigenvalue weighted by atomic mass is 10.1. The number of amides is 2. The summed E-state index contributed by atoms with van der Waals surface area (Å²) in [4.78, 5) is 48.4. The first-order valence-electron chi connectivity index (χ1n) is 13.7. The summed E-state index contributed by atoms with van der Waals surface area (Å²) in [5.41, 5.74) is 0.0703. The van der Waals surface area contributed by atoms with Gasteiger partial charge >= 0.3 is 19.6 Å². The Balaban J connectivity index is 3.03. The van der Waals surface area contributed by atoms with Gasteiger partial charge in [0.15, 0.2) is 0 Å². The summed E-state index contributed by atoms with van der Waals surface area (Å²) in [6.07, 6.45) is 6.71. The highest BCUT2D eigenvalue weighted by molar-refractivity contribution is 7.99. The van der Waals surface area contributed by atoms with Crippen molar-refractivity contribution >= 4 is 89.6 Å². The van der Waals surface area contributed by atoms with Gasteiger partial charge in [-0.2, -0.15) is 11.8 Å². The smallest absolute Gasteiger partial charge is 0.352 e. The molecule has 1 rings (SSSR count). The Labute approximate surface area is 282 Å². The largest absolute Gasteiger partial charge is 0.481 e. The summed E-state index contributed by atoms with van der Waals surface area (Å²) in [6.45, 7) is 0.932. The zero-order valence-electron chi connectivity index (χ0n) is 24.1. The molecule has 0 saturated heterocycles. The van der Waals surface area contributed by atoms with Gasteiger partial charge in [-0.25, -0.2) is 14.1 Å². The second kappa shape index (κ2) is 23.1. The molecule has 12 nitrogen and oxygen atoms in total. The molecule has 1 aliphatic rings. The molecule has 0 aromatic rings. The molecule has 0 spiro atoms. The number of carboxylic acid groups (broad SMARTS) is 2. The van der Waals surface area contributed by atoms with Gasteiger partial charge in [-0.3, -0.25) is 18.9 Å². The fraction of sp³-hybridized carbons (Fsp3) is 0.615. The van der Waals surface area contributed by atoms with Crippen LogP contribution in [0.25, 0.3) is 0 Å². The van der Waals surface area contributed by atoms with Crippen LogP contribution in [0.4, 0.5) is 0 Å². The van der Waals surface area contributed by atoms with Crippen molar-refractivity contribution in [3.05, 3.63) is 35.6 Å². The Kier molecular flexibility index (Phi) is 21.4. The van der Waals surface area contributed by atoms with E-state index in [4.69, 9.17) is 56.0 Å². The number of thioether (sulfide) groups is 1. The molecule has 0 aromatic carbocycles. The topological polar surface area (TPSA) is 166 Å². The van der Waals surface area contributed by atoms with Crippen LogP contribution in [-0.4, -0.2) is 117 Å². The highest BCUT2D eigenvalue weighted by atomic mass is 35.5. The van der Waals surface area contributed by atoms with E-state index >= 15 is 0 Å². The van der Waals surface area contributed by atoms with E-state index in [9.17, 15) is 28.8 Å². The van der Waals surface area contributed by atoms with E-state index in [1.54, 1.807) is 33.6 Å². The maximum atomic E-state index is 14.2. The van der Waals surface area contributed by atoms with Crippen LogP contribution in [0, 0.1) is 0 Å². The van der Waals surface area contributed by atoms with Crippen molar-refractivity contribution in [1.82, 2.24) is 20.0 Å². The lowest BCUT2D eigenvalue weighted by Crippen LogP contribution is -2.49. The van der Waals surface area contributed by atoms with Crippen molar-refractivity contribution in [1.29, 1.82) is 0 Å². The number of alkyl halides is 4. The molecule has 0 bridgehead atoms. The average molecular weight is 740 g/mol. The number of halogens is 4. The first-order chi connectivity index (χ1) is 21.0. The van der Waals surface area contributed by atoms with E-state index in [1.165, 1.54) is 11.8 Å². The van der Waals surface area contributed by atoms with Crippen LogP contribution < -0.4 is 10.6 Å². The summed E-state index contributed by atoms with van der Waals surface area (Å²) >= 11 is 25.0. The van der Waals surface area contributed by atoms with Crippen molar-refractivity contribution in [2.24, 2.45) is 0 Å². The number of hydrogen-bond acceptors (Lipinski definition) is 7.